The van der Waals surface area contributed by atoms with E-state index in [0.29, 0.717) is 6.04 Å². The Hall–Kier alpha value is -1.31. The molecule has 0 bridgehead atoms. The van der Waals surface area contributed by atoms with Gasteiger partial charge in [-0.15, -0.1) is 12.4 Å². The van der Waals surface area contributed by atoms with E-state index in [2.05, 4.69) is 72.5 Å². The van der Waals surface area contributed by atoms with Crippen molar-refractivity contribution >= 4 is 12.4 Å². The van der Waals surface area contributed by atoms with E-state index in [1.807, 2.05) is 0 Å². The van der Waals surface area contributed by atoms with Crippen LogP contribution in [0, 0.1) is 5.92 Å². The van der Waals surface area contributed by atoms with E-state index in [1.165, 1.54) is 24.2 Å². The van der Waals surface area contributed by atoms with Gasteiger partial charge in [-0.05, 0) is 17.0 Å². The summed E-state index contributed by atoms with van der Waals surface area (Å²) in [6.45, 7) is 4.73. The Labute approximate surface area is 121 Å². The van der Waals surface area contributed by atoms with Crippen LogP contribution in [-0.4, -0.2) is 18.0 Å². The van der Waals surface area contributed by atoms with Crippen LogP contribution in [0.2, 0.25) is 0 Å². The van der Waals surface area contributed by atoms with Crippen LogP contribution in [0.5, 0.6) is 0 Å². The Morgan fingerprint density at radius 1 is 0.842 bits per heavy atom. The van der Waals surface area contributed by atoms with Gasteiger partial charge in [0, 0.05) is 13.1 Å². The van der Waals surface area contributed by atoms with Crippen LogP contribution in [0.15, 0.2) is 60.7 Å². The maximum Gasteiger partial charge on any atom is 0.0602 e. The van der Waals surface area contributed by atoms with E-state index >= 15 is 0 Å². The lowest BCUT2D eigenvalue weighted by Crippen LogP contribution is -2.47. The lowest BCUT2D eigenvalue weighted by Gasteiger charge is -2.43. The summed E-state index contributed by atoms with van der Waals surface area (Å²) in [5, 5.41) is 0. The van der Waals surface area contributed by atoms with Crippen molar-refractivity contribution in [2.24, 2.45) is 5.92 Å². The van der Waals surface area contributed by atoms with Crippen LogP contribution in [0.1, 0.15) is 24.1 Å². The van der Waals surface area contributed by atoms with Crippen LogP contribution in [-0.2, 0) is 0 Å². The van der Waals surface area contributed by atoms with Crippen molar-refractivity contribution < 1.29 is 0 Å². The van der Waals surface area contributed by atoms with Gasteiger partial charge in [0.05, 0.1) is 6.04 Å². The predicted molar refractivity (Wildman–Crippen MR) is 82.7 cm³/mol. The van der Waals surface area contributed by atoms with Crippen LogP contribution in [0.4, 0.5) is 0 Å². The summed E-state index contributed by atoms with van der Waals surface area (Å²) in [7, 11) is 0. The zero-order chi connectivity index (χ0) is 12.4. The first-order valence-electron chi connectivity index (χ1n) is 6.68. The van der Waals surface area contributed by atoms with Crippen molar-refractivity contribution in [3.63, 3.8) is 0 Å². The first-order valence-corrected chi connectivity index (χ1v) is 6.68. The second-order valence-corrected chi connectivity index (χ2v) is 5.28. The van der Waals surface area contributed by atoms with Crippen molar-refractivity contribution in [1.82, 2.24) is 4.90 Å². The van der Waals surface area contributed by atoms with E-state index in [9.17, 15) is 0 Å². The Morgan fingerprint density at radius 2 is 1.26 bits per heavy atom. The fraction of sp³-hybridized carbons (Fsp3) is 0.294. The largest absolute Gasteiger partial charge is 0.292 e. The average molecular weight is 274 g/mol. The summed E-state index contributed by atoms with van der Waals surface area (Å²) in [5.41, 5.74) is 2.80. The molecular weight excluding hydrogens is 254 g/mol. The number of benzene rings is 2. The minimum Gasteiger partial charge on any atom is -0.292 e. The molecule has 0 amide bonds. The van der Waals surface area contributed by atoms with Gasteiger partial charge in [0.1, 0.15) is 0 Å². The second kappa shape index (κ2) is 6.23. The molecule has 0 aliphatic carbocycles. The molecule has 0 radical (unpaired) electrons. The van der Waals surface area contributed by atoms with Crippen LogP contribution in [0.25, 0.3) is 0 Å². The van der Waals surface area contributed by atoms with Gasteiger partial charge in [0.25, 0.3) is 0 Å². The average Bonchev–Trinajstić information content (AvgIpc) is 2.40. The quantitative estimate of drug-likeness (QED) is 0.812. The van der Waals surface area contributed by atoms with E-state index in [4.69, 9.17) is 0 Å². The van der Waals surface area contributed by atoms with Crippen LogP contribution in [0.3, 0.4) is 0 Å². The van der Waals surface area contributed by atoms with Gasteiger partial charge in [-0.25, -0.2) is 0 Å². The van der Waals surface area contributed by atoms with Gasteiger partial charge in [0.15, 0.2) is 0 Å². The number of likely N-dealkylation sites (tertiary alicyclic amines) is 1. The van der Waals surface area contributed by atoms with E-state index in [0.717, 1.165) is 5.92 Å². The Bertz CT molecular complexity index is 452. The monoisotopic (exact) mass is 273 g/mol. The summed E-state index contributed by atoms with van der Waals surface area (Å²) in [6.07, 6.45) is 0. The molecule has 0 aromatic heterocycles. The number of halogens is 1. The molecule has 2 aromatic carbocycles. The third kappa shape index (κ3) is 2.99. The SMILES string of the molecule is CC1CN(C(c2ccccc2)c2ccccc2)C1.Cl. The van der Waals surface area contributed by atoms with Crippen molar-refractivity contribution in [1.29, 1.82) is 0 Å². The zero-order valence-corrected chi connectivity index (χ0v) is 12.0. The summed E-state index contributed by atoms with van der Waals surface area (Å²) in [4.78, 5) is 2.56. The Morgan fingerprint density at radius 3 is 1.63 bits per heavy atom. The predicted octanol–water partition coefficient (Wildman–Crippen LogP) is 4.15. The third-order valence-electron chi connectivity index (χ3n) is 3.69. The zero-order valence-electron chi connectivity index (χ0n) is 11.2. The molecule has 1 nitrogen and oxygen atoms in total. The molecule has 1 heterocycles. The highest BCUT2D eigenvalue weighted by molar-refractivity contribution is 5.85. The molecular formula is C17H20ClN. The molecule has 3 rings (SSSR count). The molecule has 19 heavy (non-hydrogen) atoms. The molecule has 0 unspecified atom stereocenters. The summed E-state index contributed by atoms with van der Waals surface area (Å²) < 4.78 is 0. The van der Waals surface area contributed by atoms with E-state index in [-0.39, 0.29) is 12.4 Å². The van der Waals surface area contributed by atoms with Gasteiger partial charge in [-0.1, -0.05) is 67.6 Å². The molecule has 0 saturated carbocycles. The third-order valence-corrected chi connectivity index (χ3v) is 3.69. The number of rotatable bonds is 3. The molecule has 1 aliphatic heterocycles. The van der Waals surface area contributed by atoms with Crippen LogP contribution < -0.4 is 0 Å². The van der Waals surface area contributed by atoms with Crippen molar-refractivity contribution in [2.45, 2.75) is 13.0 Å². The highest BCUT2D eigenvalue weighted by atomic mass is 35.5. The number of nitrogens with zero attached hydrogens (tertiary/aromatic N) is 1. The first kappa shape index (κ1) is 14.1. The summed E-state index contributed by atoms with van der Waals surface area (Å²) in [6, 6.07) is 22.1. The fourth-order valence-electron chi connectivity index (χ4n) is 2.84. The topological polar surface area (TPSA) is 3.24 Å². The van der Waals surface area contributed by atoms with Crippen LogP contribution >= 0.6 is 12.4 Å². The van der Waals surface area contributed by atoms with E-state index in [1.54, 1.807) is 0 Å². The van der Waals surface area contributed by atoms with Gasteiger partial charge in [-0.3, -0.25) is 4.90 Å². The van der Waals surface area contributed by atoms with E-state index < -0.39 is 0 Å². The highest BCUT2D eigenvalue weighted by Crippen LogP contribution is 2.33. The Balaban J connectivity index is 0.00000133. The minimum atomic E-state index is 0. The van der Waals surface area contributed by atoms with Gasteiger partial charge in [0.2, 0.25) is 0 Å². The highest BCUT2D eigenvalue weighted by Gasteiger charge is 2.31. The van der Waals surface area contributed by atoms with Gasteiger partial charge < -0.3 is 0 Å². The minimum absolute atomic E-state index is 0. The normalized spacial score (nSPS) is 15.9. The lowest BCUT2D eigenvalue weighted by atomic mass is 9.91. The molecule has 0 N–H and O–H groups in total. The number of hydrogen-bond donors (Lipinski definition) is 0. The maximum absolute atomic E-state index is 2.56. The lowest BCUT2D eigenvalue weighted by molar-refractivity contribution is 0.0796. The molecule has 1 aliphatic rings. The first-order chi connectivity index (χ1) is 8.84. The van der Waals surface area contributed by atoms with Gasteiger partial charge in [-0.2, -0.15) is 0 Å². The fourth-order valence-corrected chi connectivity index (χ4v) is 2.84. The summed E-state index contributed by atoms with van der Waals surface area (Å²) in [5.74, 6) is 0.833. The molecule has 1 saturated heterocycles. The smallest absolute Gasteiger partial charge is 0.0602 e. The Kier molecular flexibility index (Phi) is 4.62. The second-order valence-electron chi connectivity index (χ2n) is 5.28. The van der Waals surface area contributed by atoms with Gasteiger partial charge >= 0.3 is 0 Å². The van der Waals surface area contributed by atoms with Crippen molar-refractivity contribution in [2.75, 3.05) is 13.1 Å². The molecule has 0 spiro atoms. The van der Waals surface area contributed by atoms with Crippen molar-refractivity contribution in [3.8, 4) is 0 Å². The van der Waals surface area contributed by atoms with Crippen molar-refractivity contribution in [3.05, 3.63) is 71.8 Å². The standard InChI is InChI=1S/C17H19N.ClH/c1-14-12-18(13-14)17(15-8-4-2-5-9-15)16-10-6-3-7-11-16;/h2-11,14,17H,12-13H2,1H3;1H. The number of hydrogen-bond acceptors (Lipinski definition) is 1. The molecule has 2 aromatic rings. The summed E-state index contributed by atoms with van der Waals surface area (Å²) >= 11 is 0. The molecule has 0 atom stereocenters. The molecule has 1 fully saturated rings. The molecule has 2 heteroatoms. The molecule has 100 valence electrons. The maximum atomic E-state index is 2.56.